The highest BCUT2D eigenvalue weighted by Gasteiger charge is 2.35. The second-order valence-electron chi connectivity index (χ2n) is 5.74. The van der Waals surface area contributed by atoms with Crippen LogP contribution in [0.25, 0.3) is 0 Å². The van der Waals surface area contributed by atoms with Gasteiger partial charge in [0.25, 0.3) is 0 Å². The number of hydrogen-bond acceptors (Lipinski definition) is 7. The molecular formula is C19H22O7. The van der Waals surface area contributed by atoms with Gasteiger partial charge >= 0.3 is 11.9 Å². The number of carbonyl (C=O) groups excluding carboxylic acids is 2. The molecule has 1 aromatic rings. The van der Waals surface area contributed by atoms with E-state index in [-0.39, 0.29) is 24.4 Å². The Balaban J connectivity index is 1.97. The summed E-state index contributed by atoms with van der Waals surface area (Å²) in [5.41, 5.74) is 1.48. The van der Waals surface area contributed by atoms with Crippen molar-refractivity contribution in [3.05, 3.63) is 53.3 Å². The summed E-state index contributed by atoms with van der Waals surface area (Å²) in [5, 5.41) is 19.2. The van der Waals surface area contributed by atoms with E-state index in [4.69, 9.17) is 14.2 Å². The summed E-state index contributed by atoms with van der Waals surface area (Å²) in [6, 6.07) is 6.61. The van der Waals surface area contributed by atoms with Gasteiger partial charge in [-0.05, 0) is 24.6 Å². The fourth-order valence-corrected chi connectivity index (χ4v) is 2.70. The van der Waals surface area contributed by atoms with Crippen LogP contribution in [0.4, 0.5) is 0 Å². The van der Waals surface area contributed by atoms with Crippen molar-refractivity contribution in [1.29, 1.82) is 0 Å². The molecule has 140 valence electrons. The number of esters is 2. The van der Waals surface area contributed by atoms with Gasteiger partial charge in [0.2, 0.25) is 6.29 Å². The van der Waals surface area contributed by atoms with Crippen LogP contribution in [-0.2, 0) is 30.2 Å². The number of ether oxygens (including phenoxy) is 3. The predicted molar refractivity (Wildman–Crippen MR) is 91.8 cm³/mol. The van der Waals surface area contributed by atoms with Crippen molar-refractivity contribution in [3.63, 3.8) is 0 Å². The maximum atomic E-state index is 12.2. The van der Waals surface area contributed by atoms with Gasteiger partial charge in [0.1, 0.15) is 5.75 Å². The molecule has 0 spiro atoms. The number of phenolic OH excluding ortho intramolecular Hbond substituents is 1. The number of aliphatic hydroxyl groups excluding tert-OH is 1. The molecule has 1 heterocycles. The molecule has 0 aromatic heterocycles. The number of methoxy groups -OCH3 is 1. The van der Waals surface area contributed by atoms with Crippen LogP contribution in [0.5, 0.6) is 5.75 Å². The van der Waals surface area contributed by atoms with Crippen molar-refractivity contribution in [2.24, 2.45) is 5.92 Å². The summed E-state index contributed by atoms with van der Waals surface area (Å²) < 4.78 is 15.0. The van der Waals surface area contributed by atoms with E-state index in [9.17, 15) is 19.8 Å². The van der Waals surface area contributed by atoms with Crippen LogP contribution >= 0.6 is 0 Å². The van der Waals surface area contributed by atoms with E-state index in [0.29, 0.717) is 12.0 Å². The van der Waals surface area contributed by atoms with Gasteiger partial charge in [-0.15, -0.1) is 0 Å². The molecule has 2 atom stereocenters. The summed E-state index contributed by atoms with van der Waals surface area (Å²) in [7, 11) is 1.23. The van der Waals surface area contributed by atoms with Crippen molar-refractivity contribution in [3.8, 4) is 5.75 Å². The lowest BCUT2D eigenvalue weighted by atomic mass is 9.86. The first-order valence-electron chi connectivity index (χ1n) is 8.17. The lowest BCUT2D eigenvalue weighted by Crippen LogP contribution is -2.31. The Kier molecular flexibility index (Phi) is 6.80. The molecule has 0 saturated carbocycles. The van der Waals surface area contributed by atoms with Gasteiger partial charge in [-0.1, -0.05) is 18.2 Å². The summed E-state index contributed by atoms with van der Waals surface area (Å²) in [4.78, 5) is 24.1. The number of hydrogen-bond donors (Lipinski definition) is 2. The SMILES string of the molecule is C/C=C1/C(O)OC=C(C(=O)OC)C1CC(=O)OCCc1ccc(O)cc1. The van der Waals surface area contributed by atoms with Gasteiger partial charge in [0.15, 0.2) is 0 Å². The Bertz CT molecular complexity index is 703. The van der Waals surface area contributed by atoms with E-state index in [2.05, 4.69) is 0 Å². The Hall–Kier alpha value is -2.80. The van der Waals surface area contributed by atoms with E-state index in [1.807, 2.05) is 0 Å². The highest BCUT2D eigenvalue weighted by Crippen LogP contribution is 2.32. The third-order valence-electron chi connectivity index (χ3n) is 4.10. The highest BCUT2D eigenvalue weighted by atomic mass is 16.6. The van der Waals surface area contributed by atoms with E-state index in [1.165, 1.54) is 7.11 Å². The fourth-order valence-electron chi connectivity index (χ4n) is 2.70. The van der Waals surface area contributed by atoms with E-state index < -0.39 is 24.1 Å². The number of phenols is 1. The molecule has 1 aliphatic heterocycles. The standard InChI is InChI=1S/C19H22O7/c1-3-14-15(16(18(22)24-2)11-26-19(14)23)10-17(21)25-9-8-12-4-6-13(20)7-5-12/h3-7,11,15,19-20,23H,8-10H2,1-2H3/b14-3+. The number of rotatable bonds is 6. The monoisotopic (exact) mass is 362 g/mol. The molecule has 2 unspecified atom stereocenters. The van der Waals surface area contributed by atoms with E-state index in [0.717, 1.165) is 11.8 Å². The second-order valence-corrected chi connectivity index (χ2v) is 5.74. The Morgan fingerprint density at radius 2 is 1.96 bits per heavy atom. The van der Waals surface area contributed by atoms with Gasteiger partial charge in [0, 0.05) is 17.9 Å². The molecule has 7 nitrogen and oxygen atoms in total. The van der Waals surface area contributed by atoms with E-state index in [1.54, 1.807) is 37.3 Å². The third kappa shape index (κ3) is 4.86. The number of benzene rings is 1. The largest absolute Gasteiger partial charge is 0.508 e. The predicted octanol–water partition coefficient (Wildman–Crippen LogP) is 1.84. The first-order chi connectivity index (χ1) is 12.5. The molecule has 0 radical (unpaired) electrons. The Morgan fingerprint density at radius 3 is 2.58 bits per heavy atom. The van der Waals surface area contributed by atoms with Crippen molar-refractivity contribution in [2.45, 2.75) is 26.1 Å². The molecule has 0 saturated heterocycles. The molecule has 0 aliphatic carbocycles. The minimum atomic E-state index is -1.22. The summed E-state index contributed by atoms with van der Waals surface area (Å²) in [6.07, 6.45) is 1.89. The minimum Gasteiger partial charge on any atom is -0.508 e. The molecule has 0 bridgehead atoms. The lowest BCUT2D eigenvalue weighted by molar-refractivity contribution is -0.145. The van der Waals surface area contributed by atoms with Crippen molar-refractivity contribution in [1.82, 2.24) is 0 Å². The van der Waals surface area contributed by atoms with Gasteiger partial charge in [-0.3, -0.25) is 4.79 Å². The molecule has 0 fully saturated rings. The van der Waals surface area contributed by atoms with Gasteiger partial charge < -0.3 is 24.4 Å². The fraction of sp³-hybridized carbons (Fsp3) is 0.368. The third-order valence-corrected chi connectivity index (χ3v) is 4.10. The summed E-state index contributed by atoms with van der Waals surface area (Å²) in [6.45, 7) is 1.85. The molecule has 2 rings (SSSR count). The Morgan fingerprint density at radius 1 is 1.27 bits per heavy atom. The van der Waals surface area contributed by atoms with E-state index >= 15 is 0 Å². The zero-order valence-corrected chi connectivity index (χ0v) is 14.7. The average Bonchev–Trinajstić information content (AvgIpc) is 2.63. The molecular weight excluding hydrogens is 340 g/mol. The Labute approximate surface area is 151 Å². The topological polar surface area (TPSA) is 102 Å². The quantitative estimate of drug-likeness (QED) is 0.588. The van der Waals surface area contributed by atoms with Crippen LogP contribution in [0.15, 0.2) is 47.7 Å². The molecule has 1 aromatic carbocycles. The molecule has 2 N–H and O–H groups in total. The maximum Gasteiger partial charge on any atom is 0.337 e. The normalized spacial score (nSPS) is 20.9. The average molecular weight is 362 g/mol. The van der Waals surface area contributed by atoms with Gasteiger partial charge in [0.05, 0.1) is 32.0 Å². The maximum absolute atomic E-state index is 12.2. The summed E-state index contributed by atoms with van der Waals surface area (Å²) >= 11 is 0. The van der Waals surface area contributed by atoms with Gasteiger partial charge in [-0.25, -0.2) is 4.79 Å². The van der Waals surface area contributed by atoms with Crippen LogP contribution in [-0.4, -0.2) is 42.2 Å². The molecule has 0 amide bonds. The van der Waals surface area contributed by atoms with Crippen molar-refractivity contribution >= 4 is 11.9 Å². The zero-order chi connectivity index (χ0) is 19.1. The molecule has 7 heteroatoms. The number of aromatic hydroxyl groups is 1. The number of allylic oxidation sites excluding steroid dienone is 1. The smallest absolute Gasteiger partial charge is 0.337 e. The first-order valence-corrected chi connectivity index (χ1v) is 8.17. The van der Waals surface area contributed by atoms with Crippen LogP contribution in [0, 0.1) is 5.92 Å². The van der Waals surface area contributed by atoms with Gasteiger partial charge in [-0.2, -0.15) is 0 Å². The second kappa shape index (κ2) is 9.05. The van der Waals surface area contributed by atoms with Crippen LogP contribution < -0.4 is 0 Å². The highest BCUT2D eigenvalue weighted by molar-refractivity contribution is 5.90. The van der Waals surface area contributed by atoms with Crippen molar-refractivity contribution < 1.29 is 34.0 Å². The first kappa shape index (κ1) is 19.5. The number of aliphatic hydroxyl groups is 1. The molecule has 26 heavy (non-hydrogen) atoms. The molecule has 1 aliphatic rings. The lowest BCUT2D eigenvalue weighted by Gasteiger charge is -2.28. The van der Waals surface area contributed by atoms with Crippen LogP contribution in [0.1, 0.15) is 18.9 Å². The van der Waals surface area contributed by atoms with Crippen LogP contribution in [0.3, 0.4) is 0 Å². The summed E-state index contributed by atoms with van der Waals surface area (Å²) in [5.74, 6) is -1.63. The number of carbonyl (C=O) groups is 2. The zero-order valence-electron chi connectivity index (χ0n) is 14.7. The minimum absolute atomic E-state index is 0.114. The van der Waals surface area contributed by atoms with Crippen molar-refractivity contribution in [2.75, 3.05) is 13.7 Å². The van der Waals surface area contributed by atoms with Crippen LogP contribution in [0.2, 0.25) is 0 Å².